The molecule has 1 saturated heterocycles. The van der Waals surface area contributed by atoms with Crippen molar-refractivity contribution < 1.29 is 4.79 Å². The molecule has 0 aromatic heterocycles. The summed E-state index contributed by atoms with van der Waals surface area (Å²) in [6, 6.07) is 0. The number of amides is 1. The molecule has 2 nitrogen and oxygen atoms in total. The first kappa shape index (κ1) is 11.6. The molecule has 1 aliphatic heterocycles. The van der Waals surface area contributed by atoms with Crippen LogP contribution in [0.15, 0.2) is 11.6 Å². The second-order valence-electron chi connectivity index (χ2n) is 3.65. The molecular weight excluding hydrogens is 194 g/mol. The van der Waals surface area contributed by atoms with Crippen molar-refractivity contribution in [3.8, 4) is 0 Å². The van der Waals surface area contributed by atoms with E-state index in [2.05, 4.69) is 17.7 Å². The number of rotatable bonds is 6. The van der Waals surface area contributed by atoms with Gasteiger partial charge in [-0.25, -0.2) is 0 Å². The van der Waals surface area contributed by atoms with Crippen LogP contribution < -0.4 is 4.72 Å². The lowest BCUT2D eigenvalue weighted by molar-refractivity contribution is -0.115. The zero-order valence-electron chi connectivity index (χ0n) is 8.84. The summed E-state index contributed by atoms with van der Waals surface area (Å²) in [4.78, 5) is 11.1. The number of nitrogens with one attached hydrogen (secondary N) is 1. The Hall–Kier alpha value is -0.440. The fraction of sp³-hybridized carbons (Fsp3) is 0.727. The Morgan fingerprint density at radius 1 is 1.36 bits per heavy atom. The molecule has 1 rings (SSSR count). The molecular formula is C11H19NOS. The van der Waals surface area contributed by atoms with E-state index in [1.54, 1.807) is 0 Å². The standard InChI is InChI=1S/C11H19NOS/c1-2-3-4-5-6-7-8-10-9-14-12-11(10)13/h8H,2-7,9H2,1H3,(H,12,13). The Bertz CT molecular complexity index is 213. The first-order chi connectivity index (χ1) is 6.84. The van der Waals surface area contributed by atoms with E-state index >= 15 is 0 Å². The smallest absolute Gasteiger partial charge is 0.257 e. The average molecular weight is 213 g/mol. The normalized spacial score (nSPS) is 18.9. The quantitative estimate of drug-likeness (QED) is 0.417. The van der Waals surface area contributed by atoms with Crippen LogP contribution in [0.3, 0.4) is 0 Å². The Kier molecular flexibility index (Phi) is 5.76. The number of carbonyl (C=O) groups excluding carboxylic acids is 1. The SMILES string of the molecule is CCCCCCCC=C1CSNC1=O. The maximum Gasteiger partial charge on any atom is 0.257 e. The number of hydrogen-bond acceptors (Lipinski definition) is 2. The van der Waals surface area contributed by atoms with Crippen molar-refractivity contribution >= 4 is 17.9 Å². The molecule has 80 valence electrons. The van der Waals surface area contributed by atoms with E-state index in [1.165, 1.54) is 44.1 Å². The van der Waals surface area contributed by atoms with E-state index in [1.807, 2.05) is 0 Å². The highest BCUT2D eigenvalue weighted by molar-refractivity contribution is 7.98. The van der Waals surface area contributed by atoms with Crippen LogP contribution in [0.4, 0.5) is 0 Å². The van der Waals surface area contributed by atoms with Gasteiger partial charge >= 0.3 is 0 Å². The van der Waals surface area contributed by atoms with E-state index in [0.717, 1.165) is 17.7 Å². The van der Waals surface area contributed by atoms with Gasteiger partial charge in [0.2, 0.25) is 0 Å². The van der Waals surface area contributed by atoms with Crippen LogP contribution in [0, 0.1) is 0 Å². The first-order valence-electron chi connectivity index (χ1n) is 5.45. The van der Waals surface area contributed by atoms with Crippen LogP contribution in [-0.4, -0.2) is 11.7 Å². The molecule has 0 bridgehead atoms. The fourth-order valence-electron chi connectivity index (χ4n) is 1.49. The van der Waals surface area contributed by atoms with Gasteiger partial charge in [-0.2, -0.15) is 0 Å². The second kappa shape index (κ2) is 6.93. The summed E-state index contributed by atoms with van der Waals surface area (Å²) >= 11 is 1.49. The molecule has 1 heterocycles. The molecule has 3 heteroatoms. The maximum atomic E-state index is 11.1. The molecule has 0 aromatic rings. The van der Waals surface area contributed by atoms with Gasteiger partial charge in [0.25, 0.3) is 5.91 Å². The zero-order valence-corrected chi connectivity index (χ0v) is 9.66. The van der Waals surface area contributed by atoms with E-state index in [0.29, 0.717) is 0 Å². The first-order valence-corrected chi connectivity index (χ1v) is 6.44. The van der Waals surface area contributed by atoms with Crippen molar-refractivity contribution in [2.24, 2.45) is 0 Å². The molecule has 1 aliphatic rings. The van der Waals surface area contributed by atoms with Crippen LogP contribution in [0.5, 0.6) is 0 Å². The highest BCUT2D eigenvalue weighted by Crippen LogP contribution is 2.15. The van der Waals surface area contributed by atoms with Crippen molar-refractivity contribution in [1.82, 2.24) is 4.72 Å². The summed E-state index contributed by atoms with van der Waals surface area (Å²) < 4.78 is 2.74. The molecule has 14 heavy (non-hydrogen) atoms. The molecule has 0 aromatic carbocycles. The zero-order chi connectivity index (χ0) is 10.2. The van der Waals surface area contributed by atoms with E-state index in [4.69, 9.17) is 0 Å². The Labute approximate surface area is 90.7 Å². The van der Waals surface area contributed by atoms with Gasteiger partial charge < -0.3 is 0 Å². The minimum absolute atomic E-state index is 0.114. The van der Waals surface area contributed by atoms with Crippen LogP contribution in [0.25, 0.3) is 0 Å². The number of carbonyl (C=O) groups is 1. The van der Waals surface area contributed by atoms with Gasteiger partial charge in [-0.05, 0) is 24.8 Å². The topological polar surface area (TPSA) is 29.1 Å². The van der Waals surface area contributed by atoms with Crippen molar-refractivity contribution in [1.29, 1.82) is 0 Å². The molecule has 0 unspecified atom stereocenters. The van der Waals surface area contributed by atoms with Crippen LogP contribution in [0.2, 0.25) is 0 Å². The largest absolute Gasteiger partial charge is 0.296 e. The van der Waals surface area contributed by atoms with Gasteiger partial charge in [0.1, 0.15) is 0 Å². The summed E-state index contributed by atoms with van der Waals surface area (Å²) in [5.74, 6) is 0.955. The van der Waals surface area contributed by atoms with Crippen LogP contribution >= 0.6 is 11.9 Å². The summed E-state index contributed by atoms with van der Waals surface area (Å²) in [5.41, 5.74) is 0.963. The lowest BCUT2D eigenvalue weighted by Gasteiger charge is -1.97. The molecule has 0 spiro atoms. The summed E-state index contributed by atoms with van der Waals surface area (Å²) in [6.45, 7) is 2.22. The molecule has 1 fully saturated rings. The van der Waals surface area contributed by atoms with Gasteiger partial charge in [0.15, 0.2) is 0 Å². The van der Waals surface area contributed by atoms with Gasteiger partial charge in [-0.3, -0.25) is 9.52 Å². The number of unbranched alkanes of at least 4 members (excludes halogenated alkanes) is 5. The van der Waals surface area contributed by atoms with Crippen molar-refractivity contribution in [3.05, 3.63) is 11.6 Å². The highest BCUT2D eigenvalue weighted by atomic mass is 32.2. The van der Waals surface area contributed by atoms with E-state index in [-0.39, 0.29) is 5.91 Å². The maximum absolute atomic E-state index is 11.1. The van der Waals surface area contributed by atoms with Gasteiger partial charge in [0, 0.05) is 11.3 Å². The summed E-state index contributed by atoms with van der Waals surface area (Å²) in [7, 11) is 0. The molecule has 0 atom stereocenters. The lowest BCUT2D eigenvalue weighted by Crippen LogP contribution is -2.08. The van der Waals surface area contributed by atoms with Crippen molar-refractivity contribution in [2.75, 3.05) is 5.75 Å². The Morgan fingerprint density at radius 3 is 2.79 bits per heavy atom. The summed E-state index contributed by atoms with van der Waals surface area (Å²) in [5, 5.41) is 0. The Morgan fingerprint density at radius 2 is 2.14 bits per heavy atom. The minimum atomic E-state index is 0.114. The third-order valence-corrected chi connectivity index (χ3v) is 3.17. The van der Waals surface area contributed by atoms with Crippen molar-refractivity contribution in [2.45, 2.75) is 45.4 Å². The van der Waals surface area contributed by atoms with E-state index < -0.39 is 0 Å². The fourth-order valence-corrected chi connectivity index (χ4v) is 2.23. The third-order valence-electron chi connectivity index (χ3n) is 2.38. The predicted octanol–water partition coefficient (Wildman–Crippen LogP) is 3.05. The molecule has 1 N–H and O–H groups in total. The number of hydrogen-bond donors (Lipinski definition) is 1. The minimum Gasteiger partial charge on any atom is -0.296 e. The van der Waals surface area contributed by atoms with Gasteiger partial charge in [-0.1, -0.05) is 38.7 Å². The third kappa shape index (κ3) is 4.18. The van der Waals surface area contributed by atoms with Crippen LogP contribution in [0.1, 0.15) is 45.4 Å². The average Bonchev–Trinajstić information content (AvgIpc) is 2.58. The lowest BCUT2D eigenvalue weighted by atomic mass is 10.1. The highest BCUT2D eigenvalue weighted by Gasteiger charge is 2.15. The predicted molar refractivity (Wildman–Crippen MR) is 62.1 cm³/mol. The Balaban J connectivity index is 2.05. The van der Waals surface area contributed by atoms with Crippen LogP contribution in [-0.2, 0) is 4.79 Å². The summed E-state index contributed by atoms with van der Waals surface area (Å²) in [6.07, 6.45) is 9.65. The van der Waals surface area contributed by atoms with Gasteiger partial charge in [0.05, 0.1) is 0 Å². The molecule has 1 amide bonds. The second-order valence-corrected chi connectivity index (χ2v) is 4.43. The van der Waals surface area contributed by atoms with Crippen molar-refractivity contribution in [3.63, 3.8) is 0 Å². The number of allylic oxidation sites excluding steroid dienone is 1. The molecule has 0 aliphatic carbocycles. The molecule has 0 saturated carbocycles. The molecule has 0 radical (unpaired) electrons. The van der Waals surface area contributed by atoms with E-state index in [9.17, 15) is 4.79 Å². The monoisotopic (exact) mass is 213 g/mol. The van der Waals surface area contributed by atoms with Gasteiger partial charge in [-0.15, -0.1) is 0 Å².